The van der Waals surface area contributed by atoms with Crippen molar-refractivity contribution in [1.29, 1.82) is 0 Å². The lowest BCUT2D eigenvalue weighted by atomic mass is 9.82. The summed E-state index contributed by atoms with van der Waals surface area (Å²) in [5, 5.41) is 93.4. The van der Waals surface area contributed by atoms with Crippen LogP contribution >= 0.6 is 0 Å². The highest BCUT2D eigenvalue weighted by Gasteiger charge is 2.36. The Morgan fingerprint density at radius 1 is 1.02 bits per heavy atom. The van der Waals surface area contributed by atoms with E-state index in [9.17, 15) is 45.6 Å². The second-order valence-corrected chi connectivity index (χ2v) is 17.4. The first-order valence-electron chi connectivity index (χ1n) is 22.2. The van der Waals surface area contributed by atoms with E-state index in [4.69, 9.17) is 0 Å². The topological polar surface area (TPSA) is 203 Å². The minimum absolute atomic E-state index is 0.0138. The van der Waals surface area contributed by atoms with Gasteiger partial charge in [-0.25, -0.2) is 0 Å². The number of carbonyl (C=O) groups is 1. The van der Waals surface area contributed by atoms with Crippen LogP contribution in [0, 0.1) is 17.8 Å². The van der Waals surface area contributed by atoms with Crippen LogP contribution in [0.4, 0.5) is 0 Å². The molecule has 60 heavy (non-hydrogen) atoms. The van der Waals surface area contributed by atoms with Gasteiger partial charge in [-0.15, -0.1) is 0 Å². The maximum atomic E-state index is 12.6. The number of aromatic hydroxyl groups is 1. The maximum Gasteiger partial charge on any atom is 0.303 e. The predicted octanol–water partition coefficient (Wildman–Crippen LogP) is 5.24. The number of fused-ring (bicyclic) bond motifs is 1. The number of allylic oxidation sites excluding steroid dienone is 2. The molecule has 2 aromatic rings. The molecule has 0 aliphatic carbocycles. The van der Waals surface area contributed by atoms with Crippen LogP contribution < -0.4 is 10.6 Å². The molecule has 10 N–H and O–H groups in total. The third-order valence-electron chi connectivity index (χ3n) is 12.4. The first kappa shape index (κ1) is 49.1. The second kappa shape index (κ2) is 24.8. The fraction of sp³-hybridized carbons (Fsp3) is 0.612. The molecule has 2 heterocycles. The molecule has 0 aromatic heterocycles. The highest BCUT2D eigenvalue weighted by molar-refractivity contribution is 5.67. The van der Waals surface area contributed by atoms with E-state index in [-0.39, 0.29) is 56.0 Å². The van der Waals surface area contributed by atoms with Crippen LogP contribution in [0.25, 0.3) is 0 Å². The number of unbranched alkanes of at least 4 members (excludes halogenated alkanes) is 1. The number of hydrogen-bond acceptors (Lipinski definition) is 10. The number of aliphatic hydroxyl groups excluding tert-OH is 5. The van der Waals surface area contributed by atoms with Crippen molar-refractivity contribution in [1.82, 2.24) is 10.6 Å². The fourth-order valence-electron chi connectivity index (χ4n) is 8.98. The van der Waals surface area contributed by atoms with E-state index in [0.29, 0.717) is 44.9 Å². The SMILES string of the molecule is CCCCC(O)C(O)C=CC1=C(CC(O)CO)C(CCCC2NC(C)CCCC2CC(=O)O)NC(C(C)(O)Cc2ccc(O)cc2CCO)CC#Cc2ccccc2CC1. The molecule has 0 saturated carbocycles. The molecule has 1 saturated heterocycles. The van der Waals surface area contributed by atoms with Crippen molar-refractivity contribution in [2.45, 2.75) is 172 Å². The molecule has 0 radical (unpaired) electrons. The number of aliphatic hydroxyl groups is 6. The Hall–Kier alpha value is -3.57. The first-order valence-corrected chi connectivity index (χ1v) is 22.2. The summed E-state index contributed by atoms with van der Waals surface area (Å²) < 4.78 is 0. The lowest BCUT2D eigenvalue weighted by Crippen LogP contribution is -2.54. The Morgan fingerprint density at radius 3 is 2.53 bits per heavy atom. The second-order valence-electron chi connectivity index (χ2n) is 17.4. The van der Waals surface area contributed by atoms with E-state index in [1.54, 1.807) is 31.2 Å². The van der Waals surface area contributed by atoms with Crippen LogP contribution in [0.3, 0.4) is 0 Å². The number of aryl methyl sites for hydroxylation is 1. The Kier molecular flexibility index (Phi) is 20.3. The zero-order valence-electron chi connectivity index (χ0n) is 36.0. The van der Waals surface area contributed by atoms with E-state index in [1.807, 2.05) is 37.3 Å². The summed E-state index contributed by atoms with van der Waals surface area (Å²) in [6, 6.07) is 12.0. The van der Waals surface area contributed by atoms with E-state index in [0.717, 1.165) is 65.5 Å². The summed E-state index contributed by atoms with van der Waals surface area (Å²) in [6.07, 6.45) is 9.06. The van der Waals surface area contributed by atoms with Gasteiger partial charge in [-0.05, 0) is 124 Å². The number of benzene rings is 2. The number of phenolic OH excluding ortho intramolecular Hbond substituents is 1. The predicted molar refractivity (Wildman–Crippen MR) is 235 cm³/mol. The molecule has 0 amide bonds. The van der Waals surface area contributed by atoms with Crippen LogP contribution in [-0.4, -0.2) is 108 Å². The molecule has 2 aliphatic rings. The average molecular weight is 833 g/mol. The van der Waals surface area contributed by atoms with Crippen molar-refractivity contribution in [2.75, 3.05) is 13.2 Å². The average Bonchev–Trinajstić information content (AvgIpc) is 3.38. The molecule has 4 rings (SSSR count). The van der Waals surface area contributed by atoms with E-state index in [1.165, 1.54) is 0 Å². The van der Waals surface area contributed by atoms with Crippen LogP contribution in [0.1, 0.15) is 126 Å². The van der Waals surface area contributed by atoms with Crippen molar-refractivity contribution in [3.05, 3.63) is 88.0 Å². The maximum absolute atomic E-state index is 12.6. The third kappa shape index (κ3) is 15.4. The van der Waals surface area contributed by atoms with Crippen LogP contribution in [0.5, 0.6) is 5.75 Å². The van der Waals surface area contributed by atoms with E-state index >= 15 is 0 Å². The van der Waals surface area contributed by atoms with Gasteiger partial charge in [0.15, 0.2) is 0 Å². The van der Waals surface area contributed by atoms with Gasteiger partial charge in [0.2, 0.25) is 0 Å². The van der Waals surface area contributed by atoms with E-state index < -0.39 is 48.6 Å². The minimum Gasteiger partial charge on any atom is -0.508 e. The van der Waals surface area contributed by atoms with Crippen molar-refractivity contribution < 1.29 is 45.6 Å². The number of carboxylic acid groups (broad SMARTS) is 1. The molecule has 0 spiro atoms. The van der Waals surface area contributed by atoms with Crippen LogP contribution in [0.2, 0.25) is 0 Å². The molecule has 2 aromatic carbocycles. The molecular formula is C49H72N2O9. The number of phenols is 1. The Labute approximate surface area is 357 Å². The molecule has 11 heteroatoms. The van der Waals surface area contributed by atoms with Gasteiger partial charge >= 0.3 is 5.97 Å². The highest BCUT2D eigenvalue weighted by atomic mass is 16.4. The summed E-state index contributed by atoms with van der Waals surface area (Å²) in [6.45, 7) is 5.32. The molecule has 9 atom stereocenters. The molecule has 0 bridgehead atoms. The lowest BCUT2D eigenvalue weighted by molar-refractivity contribution is -0.138. The van der Waals surface area contributed by atoms with Crippen molar-refractivity contribution >= 4 is 5.97 Å². The third-order valence-corrected chi connectivity index (χ3v) is 12.4. The van der Waals surface area contributed by atoms with Gasteiger partial charge in [0.05, 0.1) is 30.5 Å². The molecule has 11 nitrogen and oxygen atoms in total. The Bertz CT molecular complexity index is 1760. The van der Waals surface area contributed by atoms with Crippen molar-refractivity contribution in [3.8, 4) is 17.6 Å². The Balaban J connectivity index is 1.86. The first-order chi connectivity index (χ1) is 28.7. The highest BCUT2D eigenvalue weighted by Crippen LogP contribution is 2.32. The largest absolute Gasteiger partial charge is 0.508 e. The summed E-state index contributed by atoms with van der Waals surface area (Å²) in [4.78, 5) is 12.0. The zero-order valence-corrected chi connectivity index (χ0v) is 36.0. The fourth-order valence-corrected chi connectivity index (χ4v) is 8.98. The number of hydrogen-bond donors (Lipinski definition) is 10. The quantitative estimate of drug-likeness (QED) is 0.0783. The summed E-state index contributed by atoms with van der Waals surface area (Å²) in [5.74, 6) is 5.96. The van der Waals surface area contributed by atoms with Gasteiger partial charge < -0.3 is 51.5 Å². The van der Waals surface area contributed by atoms with Gasteiger partial charge in [0, 0.05) is 55.6 Å². The van der Waals surface area contributed by atoms with Gasteiger partial charge in [0.1, 0.15) is 5.75 Å². The van der Waals surface area contributed by atoms with Crippen molar-refractivity contribution in [2.24, 2.45) is 5.92 Å². The minimum atomic E-state index is -1.42. The summed E-state index contributed by atoms with van der Waals surface area (Å²) in [5.41, 5.74) is 3.60. The van der Waals surface area contributed by atoms with Crippen LogP contribution in [-0.2, 0) is 24.1 Å². The molecule has 1 fully saturated rings. The molecule has 332 valence electrons. The van der Waals surface area contributed by atoms with Gasteiger partial charge in [-0.3, -0.25) is 4.79 Å². The number of nitrogens with one attached hydrogen (secondary N) is 2. The molecular weight excluding hydrogens is 761 g/mol. The summed E-state index contributed by atoms with van der Waals surface area (Å²) >= 11 is 0. The standard InChI is InChI=1S/C49H72N2O9/c1-4-5-18-45(56)46(57)25-23-36-21-20-35-13-7-6-12-34(35)14-9-19-47(49(3,60)31-39-22-24-40(54)28-37(39)26-27-52)51-44(42(36)30-41(55)32-53)17-10-16-43-38(29-48(58)59)15-8-11-33(2)50-43/h6-7,12-13,22-25,28,33,38,41,43-47,50-57,60H,4-5,8,10-11,15-21,26-27,29-32H2,1-3H3,(H,58,59). The number of carboxylic acids is 1. The van der Waals surface area contributed by atoms with E-state index in [2.05, 4.69) is 29.4 Å². The monoisotopic (exact) mass is 833 g/mol. The van der Waals surface area contributed by atoms with Gasteiger partial charge in [-0.2, -0.15) is 0 Å². The number of rotatable bonds is 20. The number of aliphatic carboxylic acids is 1. The molecule has 9 unspecified atom stereocenters. The lowest BCUT2D eigenvalue weighted by Gasteiger charge is -2.38. The van der Waals surface area contributed by atoms with Gasteiger partial charge in [0.25, 0.3) is 0 Å². The zero-order chi connectivity index (χ0) is 43.7. The molecule has 2 aliphatic heterocycles. The Morgan fingerprint density at radius 2 is 1.80 bits per heavy atom. The van der Waals surface area contributed by atoms with Crippen molar-refractivity contribution in [3.63, 3.8) is 0 Å². The smallest absolute Gasteiger partial charge is 0.303 e. The van der Waals surface area contributed by atoms with Crippen LogP contribution in [0.15, 0.2) is 65.8 Å². The summed E-state index contributed by atoms with van der Waals surface area (Å²) in [7, 11) is 0. The normalized spacial score (nSPS) is 24.2. The van der Waals surface area contributed by atoms with Gasteiger partial charge in [-0.1, -0.05) is 80.9 Å².